The molecule has 0 aliphatic carbocycles. The van der Waals surface area contributed by atoms with Gasteiger partial charge in [-0.25, -0.2) is 0 Å². The van der Waals surface area contributed by atoms with Gasteiger partial charge in [0.05, 0.1) is 17.5 Å². The summed E-state index contributed by atoms with van der Waals surface area (Å²) >= 11 is 4.56. The smallest absolute Gasteiger partial charge is 0.370 e. The molecule has 20 heavy (non-hydrogen) atoms. The monoisotopic (exact) mass is 305 g/mol. The van der Waals surface area contributed by atoms with E-state index in [-0.39, 0.29) is 11.5 Å². The van der Waals surface area contributed by atoms with Gasteiger partial charge in [-0.3, -0.25) is 4.90 Å². The molecule has 2 atom stereocenters. The first-order chi connectivity index (χ1) is 9.43. The van der Waals surface area contributed by atoms with Crippen LogP contribution in [-0.2, 0) is 10.9 Å². The van der Waals surface area contributed by atoms with E-state index < -0.39 is 11.7 Å². The van der Waals surface area contributed by atoms with Crippen molar-refractivity contribution >= 4 is 12.6 Å². The fraction of sp³-hybridized carbons (Fsp3) is 0.571. The van der Waals surface area contributed by atoms with Crippen molar-refractivity contribution in [2.45, 2.75) is 31.0 Å². The second-order valence-electron chi connectivity index (χ2n) is 4.86. The molecule has 1 aromatic rings. The van der Waals surface area contributed by atoms with Crippen LogP contribution in [0, 0.1) is 0 Å². The first kappa shape index (κ1) is 15.7. The van der Waals surface area contributed by atoms with Crippen LogP contribution in [0.4, 0.5) is 13.2 Å². The molecule has 1 fully saturated rings. The minimum atomic E-state index is -4.30. The lowest BCUT2D eigenvalue weighted by molar-refractivity contribution is -0.137. The van der Waals surface area contributed by atoms with Gasteiger partial charge in [-0.05, 0) is 30.7 Å². The third-order valence-corrected chi connectivity index (χ3v) is 4.00. The molecule has 1 heterocycles. The number of ether oxygens (including phenoxy) is 1. The molecule has 6 heteroatoms. The van der Waals surface area contributed by atoms with E-state index in [1.165, 1.54) is 12.1 Å². The van der Waals surface area contributed by atoms with Gasteiger partial charge in [0.1, 0.15) is 6.10 Å². The van der Waals surface area contributed by atoms with E-state index >= 15 is 0 Å². The van der Waals surface area contributed by atoms with Crippen LogP contribution in [-0.4, -0.2) is 30.0 Å². The molecule has 0 bridgehead atoms. The van der Waals surface area contributed by atoms with E-state index in [1.54, 1.807) is 0 Å². The Morgan fingerprint density at radius 3 is 2.50 bits per heavy atom. The predicted octanol–water partition coefficient (Wildman–Crippen LogP) is 3.74. The van der Waals surface area contributed by atoms with Crippen molar-refractivity contribution in [3.63, 3.8) is 0 Å². The van der Waals surface area contributed by atoms with Crippen LogP contribution in [0.1, 0.15) is 30.6 Å². The van der Waals surface area contributed by atoms with Crippen molar-refractivity contribution in [1.29, 1.82) is 0 Å². The second kappa shape index (κ2) is 6.37. The van der Waals surface area contributed by atoms with Gasteiger partial charge >= 0.3 is 6.18 Å². The zero-order valence-corrected chi connectivity index (χ0v) is 12.1. The van der Waals surface area contributed by atoms with Gasteiger partial charge in [0, 0.05) is 6.54 Å². The molecular weight excluding hydrogens is 287 g/mol. The number of morpholine rings is 1. The largest absolute Gasteiger partial charge is 0.416 e. The molecule has 2 rings (SSSR count). The molecule has 0 amide bonds. The number of benzene rings is 1. The van der Waals surface area contributed by atoms with Gasteiger partial charge < -0.3 is 4.74 Å². The minimum Gasteiger partial charge on any atom is -0.370 e. The van der Waals surface area contributed by atoms with E-state index in [0.717, 1.165) is 37.2 Å². The van der Waals surface area contributed by atoms with E-state index in [4.69, 9.17) is 4.74 Å². The van der Waals surface area contributed by atoms with Crippen LogP contribution >= 0.6 is 12.6 Å². The lowest BCUT2D eigenvalue weighted by Gasteiger charge is -2.38. The van der Waals surface area contributed by atoms with Gasteiger partial charge in [-0.2, -0.15) is 25.8 Å². The van der Waals surface area contributed by atoms with Gasteiger partial charge in [-0.1, -0.05) is 19.1 Å². The number of hydrogen-bond acceptors (Lipinski definition) is 3. The van der Waals surface area contributed by atoms with Crippen LogP contribution in [0.3, 0.4) is 0 Å². The van der Waals surface area contributed by atoms with Crippen molar-refractivity contribution in [2.24, 2.45) is 0 Å². The highest BCUT2D eigenvalue weighted by atomic mass is 32.1. The first-order valence-electron chi connectivity index (χ1n) is 6.64. The molecule has 112 valence electrons. The van der Waals surface area contributed by atoms with Crippen molar-refractivity contribution < 1.29 is 17.9 Å². The molecule has 1 saturated heterocycles. The highest BCUT2D eigenvalue weighted by molar-refractivity contribution is 7.80. The maximum Gasteiger partial charge on any atom is 0.416 e. The van der Waals surface area contributed by atoms with Gasteiger partial charge in [0.2, 0.25) is 0 Å². The number of alkyl halides is 3. The normalized spacial score (nSPS) is 24.9. The molecule has 0 N–H and O–H groups in total. The number of rotatable bonds is 3. The Morgan fingerprint density at radius 2 is 1.95 bits per heavy atom. The summed E-state index contributed by atoms with van der Waals surface area (Å²) in [4.78, 5) is 2.19. The summed E-state index contributed by atoms with van der Waals surface area (Å²) in [6.07, 6.45) is -3.59. The molecule has 0 aromatic heterocycles. The van der Waals surface area contributed by atoms with Crippen molar-refractivity contribution in [2.75, 3.05) is 19.7 Å². The summed E-state index contributed by atoms with van der Waals surface area (Å²) in [6.45, 7) is 4.37. The van der Waals surface area contributed by atoms with Crippen LogP contribution in [0.5, 0.6) is 0 Å². The summed E-state index contributed by atoms with van der Waals surface area (Å²) in [5.74, 6) is 0. The quantitative estimate of drug-likeness (QED) is 0.854. The van der Waals surface area contributed by atoms with Crippen molar-refractivity contribution in [3.05, 3.63) is 35.4 Å². The fourth-order valence-corrected chi connectivity index (χ4v) is 2.86. The molecule has 2 nitrogen and oxygen atoms in total. The first-order valence-corrected chi connectivity index (χ1v) is 7.16. The Kier molecular flexibility index (Phi) is 4.99. The zero-order valence-electron chi connectivity index (χ0n) is 11.2. The fourth-order valence-electron chi connectivity index (χ4n) is 2.37. The Bertz CT molecular complexity index is 433. The van der Waals surface area contributed by atoms with Crippen molar-refractivity contribution in [1.82, 2.24) is 4.90 Å². The van der Waals surface area contributed by atoms with Crippen LogP contribution < -0.4 is 0 Å². The highest BCUT2D eigenvalue weighted by Gasteiger charge is 2.33. The standard InChI is InChI=1S/C14H18F3NOS/c1-2-7-18-8-9-19-12(13(18)20)10-3-5-11(6-4-10)14(15,16)17/h3-6,12-13,20H,2,7-9H2,1H3. The Hall–Kier alpha value is -0.720. The molecule has 1 aliphatic rings. The second-order valence-corrected chi connectivity index (χ2v) is 5.39. The summed E-state index contributed by atoms with van der Waals surface area (Å²) in [6, 6.07) is 5.15. The maximum atomic E-state index is 12.5. The highest BCUT2D eigenvalue weighted by Crippen LogP contribution is 2.34. The lowest BCUT2D eigenvalue weighted by atomic mass is 10.0. The Balaban J connectivity index is 2.14. The number of thiol groups is 1. The molecule has 0 radical (unpaired) electrons. The summed E-state index contributed by atoms with van der Waals surface area (Å²) < 4.78 is 43.3. The zero-order chi connectivity index (χ0) is 14.8. The predicted molar refractivity (Wildman–Crippen MR) is 74.8 cm³/mol. The maximum absolute atomic E-state index is 12.5. The van der Waals surface area contributed by atoms with Gasteiger partial charge in [0.15, 0.2) is 0 Å². The average Bonchev–Trinajstić information content (AvgIpc) is 2.41. The van der Waals surface area contributed by atoms with E-state index in [9.17, 15) is 13.2 Å². The number of nitrogens with zero attached hydrogens (tertiary/aromatic N) is 1. The van der Waals surface area contributed by atoms with Crippen LogP contribution in [0.25, 0.3) is 0 Å². The van der Waals surface area contributed by atoms with Crippen LogP contribution in [0.2, 0.25) is 0 Å². The van der Waals surface area contributed by atoms with E-state index in [1.807, 2.05) is 0 Å². The lowest BCUT2D eigenvalue weighted by Crippen LogP contribution is -2.44. The van der Waals surface area contributed by atoms with Crippen molar-refractivity contribution in [3.8, 4) is 0 Å². The number of halogens is 3. The Labute approximate surface area is 122 Å². The third kappa shape index (κ3) is 3.48. The van der Waals surface area contributed by atoms with Gasteiger partial charge in [0.25, 0.3) is 0 Å². The van der Waals surface area contributed by atoms with E-state index in [0.29, 0.717) is 6.61 Å². The molecule has 0 saturated carbocycles. The summed E-state index contributed by atoms with van der Waals surface area (Å²) in [5.41, 5.74) is 0.0944. The Morgan fingerprint density at radius 1 is 1.30 bits per heavy atom. The average molecular weight is 305 g/mol. The number of hydrogen-bond donors (Lipinski definition) is 1. The molecular formula is C14H18F3NOS. The van der Waals surface area contributed by atoms with E-state index in [2.05, 4.69) is 24.5 Å². The third-order valence-electron chi connectivity index (χ3n) is 3.40. The molecule has 1 aliphatic heterocycles. The summed E-state index contributed by atoms with van der Waals surface area (Å²) in [7, 11) is 0. The van der Waals surface area contributed by atoms with Gasteiger partial charge in [-0.15, -0.1) is 0 Å². The molecule has 0 spiro atoms. The van der Waals surface area contributed by atoms with Crippen LogP contribution in [0.15, 0.2) is 24.3 Å². The summed E-state index contributed by atoms with van der Waals surface area (Å²) in [5, 5.41) is -0.125. The minimum absolute atomic E-state index is 0.125. The molecule has 1 aromatic carbocycles. The topological polar surface area (TPSA) is 12.5 Å². The SMILES string of the molecule is CCCN1CCOC(c2ccc(C(F)(F)F)cc2)C1S. The molecule has 2 unspecified atom stereocenters.